The Morgan fingerprint density at radius 2 is 1.92 bits per heavy atom. The number of rotatable bonds is 11. The number of methoxy groups -OCH3 is 2. The van der Waals surface area contributed by atoms with Crippen molar-refractivity contribution in [2.24, 2.45) is 4.99 Å². The van der Waals surface area contributed by atoms with Crippen LogP contribution in [-0.4, -0.2) is 74.2 Å². The molecule has 0 saturated carbocycles. The maximum atomic E-state index is 7.75. The van der Waals surface area contributed by atoms with Crippen LogP contribution < -0.4 is 14.4 Å². The standard InChI is InChI=1S/C28H36N6O2/c1-20-7-5-10-33(20)11-6-12-34(23-13-24(35-3)16-25(14-23)36-4)22-8-9-26-27(15-22)32-28(19-31-26)21(17-29)18-30-2/h8-9,13-21,29H,5-7,10-12H2,1-4H3. The zero-order valence-electron chi connectivity index (χ0n) is 21.6. The smallest absolute Gasteiger partial charge is 0.124 e. The number of nitrogens with zero attached hydrogens (tertiary/aromatic N) is 5. The first-order valence-electron chi connectivity index (χ1n) is 12.5. The second-order valence-electron chi connectivity index (χ2n) is 9.17. The van der Waals surface area contributed by atoms with Gasteiger partial charge in [-0.2, -0.15) is 0 Å². The Morgan fingerprint density at radius 1 is 1.14 bits per heavy atom. The topological polar surface area (TPSA) is 86.9 Å². The minimum absolute atomic E-state index is 0.295. The number of anilines is 2. The molecule has 1 fully saturated rings. The van der Waals surface area contributed by atoms with Crippen LogP contribution in [0, 0.1) is 5.41 Å². The molecule has 2 heterocycles. The van der Waals surface area contributed by atoms with Gasteiger partial charge in [0.25, 0.3) is 0 Å². The van der Waals surface area contributed by atoms with Crippen molar-refractivity contribution >= 4 is 34.8 Å². The molecule has 0 aliphatic carbocycles. The van der Waals surface area contributed by atoms with E-state index in [2.05, 4.69) is 38.8 Å². The van der Waals surface area contributed by atoms with Crippen molar-refractivity contribution in [2.75, 3.05) is 45.8 Å². The summed E-state index contributed by atoms with van der Waals surface area (Å²) in [7, 11) is 5.04. The van der Waals surface area contributed by atoms with Gasteiger partial charge in [0.05, 0.1) is 43.1 Å². The van der Waals surface area contributed by atoms with Crippen molar-refractivity contribution < 1.29 is 9.47 Å². The molecule has 2 unspecified atom stereocenters. The molecule has 1 aliphatic rings. The first kappa shape index (κ1) is 25.6. The van der Waals surface area contributed by atoms with E-state index in [1.165, 1.54) is 25.6 Å². The SMILES string of the molecule is CN=CC(C=N)c1cnc2ccc(N(CCCN3CCCC3C)c3cc(OC)cc(OC)c3)cc2n1. The molecule has 1 aromatic heterocycles. The zero-order valence-corrected chi connectivity index (χ0v) is 21.6. The minimum atomic E-state index is -0.295. The molecule has 4 rings (SSSR count). The monoisotopic (exact) mass is 488 g/mol. The average molecular weight is 489 g/mol. The third-order valence-corrected chi connectivity index (χ3v) is 6.85. The largest absolute Gasteiger partial charge is 0.497 e. The van der Waals surface area contributed by atoms with Crippen LogP contribution in [0.5, 0.6) is 11.5 Å². The molecule has 36 heavy (non-hydrogen) atoms. The summed E-state index contributed by atoms with van der Waals surface area (Å²) < 4.78 is 11.1. The number of fused-ring (bicyclic) bond motifs is 1. The van der Waals surface area contributed by atoms with Gasteiger partial charge in [-0.25, -0.2) is 4.98 Å². The number of nitrogens with one attached hydrogen (secondary N) is 1. The van der Waals surface area contributed by atoms with Crippen LogP contribution in [0.1, 0.15) is 37.8 Å². The molecule has 0 amide bonds. The lowest BCUT2D eigenvalue weighted by molar-refractivity contribution is 0.267. The maximum Gasteiger partial charge on any atom is 0.124 e. The van der Waals surface area contributed by atoms with Crippen LogP contribution in [0.2, 0.25) is 0 Å². The molecular formula is C28H36N6O2. The summed E-state index contributed by atoms with van der Waals surface area (Å²) in [5, 5.41) is 7.75. The molecule has 1 saturated heterocycles. The Hall–Kier alpha value is -3.52. The normalized spacial score (nSPS) is 16.9. The Labute approximate surface area is 213 Å². The molecule has 190 valence electrons. The second kappa shape index (κ2) is 11.9. The number of aromatic nitrogens is 2. The molecule has 8 nitrogen and oxygen atoms in total. The predicted octanol–water partition coefficient (Wildman–Crippen LogP) is 5.09. The van der Waals surface area contributed by atoms with Gasteiger partial charge in [0.2, 0.25) is 0 Å². The summed E-state index contributed by atoms with van der Waals surface area (Å²) in [5.41, 5.74) is 4.33. The molecule has 0 bridgehead atoms. The van der Waals surface area contributed by atoms with E-state index in [1.807, 2.05) is 24.3 Å². The summed E-state index contributed by atoms with van der Waals surface area (Å²) in [6.45, 7) is 5.40. The fourth-order valence-corrected chi connectivity index (χ4v) is 4.82. The summed E-state index contributed by atoms with van der Waals surface area (Å²) in [6, 6.07) is 12.8. The Bertz CT molecular complexity index is 1190. The van der Waals surface area contributed by atoms with Crippen LogP contribution in [-0.2, 0) is 0 Å². The van der Waals surface area contributed by atoms with Gasteiger partial charge < -0.3 is 24.7 Å². The van der Waals surface area contributed by atoms with Crippen molar-refractivity contribution in [3.8, 4) is 11.5 Å². The van der Waals surface area contributed by atoms with Gasteiger partial charge in [-0.1, -0.05) is 0 Å². The quantitative estimate of drug-likeness (QED) is 0.378. The Balaban J connectivity index is 1.70. The van der Waals surface area contributed by atoms with Crippen molar-refractivity contribution in [1.82, 2.24) is 14.9 Å². The fourth-order valence-electron chi connectivity index (χ4n) is 4.82. The van der Waals surface area contributed by atoms with Gasteiger partial charge in [-0.3, -0.25) is 9.98 Å². The highest BCUT2D eigenvalue weighted by molar-refractivity contribution is 5.89. The van der Waals surface area contributed by atoms with E-state index in [1.54, 1.807) is 33.7 Å². The number of likely N-dealkylation sites (tertiary alicyclic amines) is 1. The molecule has 2 atom stereocenters. The lowest BCUT2D eigenvalue weighted by Crippen LogP contribution is -2.30. The van der Waals surface area contributed by atoms with Crippen LogP contribution in [0.3, 0.4) is 0 Å². The lowest BCUT2D eigenvalue weighted by Gasteiger charge is -2.28. The van der Waals surface area contributed by atoms with E-state index in [0.29, 0.717) is 11.7 Å². The lowest BCUT2D eigenvalue weighted by atomic mass is 10.1. The molecule has 8 heteroatoms. The van der Waals surface area contributed by atoms with Crippen LogP contribution >= 0.6 is 0 Å². The zero-order chi connectivity index (χ0) is 25.5. The summed E-state index contributed by atoms with van der Waals surface area (Å²) >= 11 is 0. The number of aliphatic imine (C=N–C) groups is 1. The third-order valence-electron chi connectivity index (χ3n) is 6.85. The van der Waals surface area contributed by atoms with E-state index in [-0.39, 0.29) is 5.92 Å². The number of benzene rings is 2. The number of hydrogen-bond donors (Lipinski definition) is 1. The van der Waals surface area contributed by atoms with Gasteiger partial charge in [0.15, 0.2) is 0 Å². The van der Waals surface area contributed by atoms with Crippen molar-refractivity contribution in [2.45, 2.75) is 38.1 Å². The van der Waals surface area contributed by atoms with Crippen LogP contribution in [0.15, 0.2) is 47.6 Å². The van der Waals surface area contributed by atoms with E-state index in [0.717, 1.165) is 53.4 Å². The average Bonchev–Trinajstić information content (AvgIpc) is 3.33. The Kier molecular flexibility index (Phi) is 8.48. The van der Waals surface area contributed by atoms with Gasteiger partial charge in [0.1, 0.15) is 11.5 Å². The summed E-state index contributed by atoms with van der Waals surface area (Å²) in [6.07, 6.45) is 8.35. The van der Waals surface area contributed by atoms with Gasteiger partial charge in [-0.05, 0) is 50.9 Å². The van der Waals surface area contributed by atoms with Crippen molar-refractivity contribution in [3.63, 3.8) is 0 Å². The van der Waals surface area contributed by atoms with Crippen LogP contribution in [0.25, 0.3) is 11.0 Å². The van der Waals surface area contributed by atoms with Crippen molar-refractivity contribution in [1.29, 1.82) is 5.41 Å². The summed E-state index contributed by atoms with van der Waals surface area (Å²) in [5.74, 6) is 1.20. The molecule has 0 spiro atoms. The third kappa shape index (κ3) is 5.82. The molecule has 3 aromatic rings. The molecule has 1 aliphatic heterocycles. The van der Waals surface area contributed by atoms with E-state index in [4.69, 9.17) is 19.9 Å². The molecule has 2 aromatic carbocycles. The van der Waals surface area contributed by atoms with E-state index in [9.17, 15) is 0 Å². The highest BCUT2D eigenvalue weighted by atomic mass is 16.5. The minimum Gasteiger partial charge on any atom is -0.497 e. The first-order valence-corrected chi connectivity index (χ1v) is 12.5. The van der Waals surface area contributed by atoms with Gasteiger partial charge in [-0.15, -0.1) is 0 Å². The highest BCUT2D eigenvalue weighted by Crippen LogP contribution is 2.34. The van der Waals surface area contributed by atoms with Crippen molar-refractivity contribution in [3.05, 3.63) is 48.3 Å². The number of ether oxygens (including phenoxy) is 2. The molecule has 1 N–H and O–H groups in total. The highest BCUT2D eigenvalue weighted by Gasteiger charge is 2.21. The predicted molar refractivity (Wildman–Crippen MR) is 147 cm³/mol. The Morgan fingerprint density at radius 3 is 2.56 bits per heavy atom. The maximum absolute atomic E-state index is 7.75. The molecular weight excluding hydrogens is 452 g/mol. The fraction of sp³-hybridized carbons (Fsp3) is 0.429. The second-order valence-corrected chi connectivity index (χ2v) is 9.17. The van der Waals surface area contributed by atoms with Gasteiger partial charge >= 0.3 is 0 Å². The first-order chi connectivity index (χ1) is 17.6. The summed E-state index contributed by atoms with van der Waals surface area (Å²) in [4.78, 5) is 18.4. The number of hydrogen-bond acceptors (Lipinski definition) is 8. The van der Waals surface area contributed by atoms with E-state index >= 15 is 0 Å². The van der Waals surface area contributed by atoms with E-state index < -0.39 is 0 Å². The molecule has 0 radical (unpaired) electrons. The van der Waals surface area contributed by atoms with Crippen LogP contribution in [0.4, 0.5) is 11.4 Å². The van der Waals surface area contributed by atoms with Gasteiger partial charge in [0, 0.05) is 68.2 Å².